The molecule has 23 heavy (non-hydrogen) atoms. The monoisotopic (exact) mass is 324 g/mol. The quantitative estimate of drug-likeness (QED) is 0.863. The Balaban J connectivity index is 1.80. The molecular weight excluding hydrogens is 311 g/mol. The smallest absolute Gasteiger partial charge is 0.416 e. The van der Waals surface area contributed by atoms with Crippen molar-refractivity contribution in [3.8, 4) is 0 Å². The van der Waals surface area contributed by atoms with Gasteiger partial charge in [0.25, 0.3) is 0 Å². The topological polar surface area (TPSA) is 69.2 Å². The number of anilines is 1. The lowest BCUT2D eigenvalue weighted by atomic mass is 9.82. The van der Waals surface area contributed by atoms with E-state index in [1.54, 1.807) is 12.2 Å². The number of nitrogens with one attached hydrogen (secondary N) is 1. The summed E-state index contributed by atoms with van der Waals surface area (Å²) < 4.78 is 38.1. The number of carboxylic acids is 1. The number of hydrogen-bond donors (Lipinski definition) is 1. The predicted octanol–water partition coefficient (Wildman–Crippen LogP) is 1.83. The second-order valence-corrected chi connectivity index (χ2v) is 5.89. The van der Waals surface area contributed by atoms with Crippen molar-refractivity contribution in [2.75, 3.05) is 5.32 Å². The van der Waals surface area contributed by atoms with E-state index in [1.807, 2.05) is 0 Å². The highest BCUT2D eigenvalue weighted by Gasteiger charge is 2.48. The van der Waals surface area contributed by atoms with Gasteiger partial charge in [0.15, 0.2) is 0 Å². The van der Waals surface area contributed by atoms with E-state index in [0.717, 1.165) is 12.1 Å². The van der Waals surface area contributed by atoms with Crippen LogP contribution in [0.4, 0.5) is 18.9 Å². The van der Waals surface area contributed by atoms with Gasteiger partial charge in [-0.1, -0.05) is 18.2 Å². The number of hydrogen-bond acceptors (Lipinski definition) is 3. The Labute approximate surface area is 130 Å². The lowest BCUT2D eigenvalue weighted by Gasteiger charge is -2.27. The second kappa shape index (κ2) is 5.40. The van der Waals surface area contributed by atoms with Gasteiger partial charge < -0.3 is 15.2 Å². The third-order valence-electron chi connectivity index (χ3n) is 4.49. The number of fused-ring (bicyclic) bond motifs is 2. The summed E-state index contributed by atoms with van der Waals surface area (Å²) in [4.78, 5) is 23.6. The molecule has 1 N–H and O–H groups in total. The molecule has 122 valence electrons. The normalized spacial score (nSPS) is 28.8. The number of carbonyl (C=O) groups is 2. The van der Waals surface area contributed by atoms with Crippen molar-refractivity contribution in [2.24, 2.45) is 23.7 Å². The SMILES string of the molecule is O=C([O-])[C@@H]1[C@@H](C(=O)Nc2cccc(C(F)(F)F)c2)[C@H]2C=C[C@H]1C2. The minimum atomic E-state index is -4.51. The fourth-order valence-electron chi connectivity index (χ4n) is 3.50. The summed E-state index contributed by atoms with van der Waals surface area (Å²) in [6, 6.07) is 4.26. The van der Waals surface area contributed by atoms with Gasteiger partial charge >= 0.3 is 6.18 Å². The molecule has 2 aliphatic rings. The van der Waals surface area contributed by atoms with Crippen LogP contribution in [0.25, 0.3) is 0 Å². The molecule has 0 radical (unpaired) electrons. The van der Waals surface area contributed by atoms with E-state index < -0.39 is 35.5 Å². The highest BCUT2D eigenvalue weighted by Crippen LogP contribution is 2.48. The number of amides is 1. The summed E-state index contributed by atoms with van der Waals surface area (Å²) in [5.41, 5.74) is -0.881. The molecule has 1 amide bonds. The summed E-state index contributed by atoms with van der Waals surface area (Å²) in [5.74, 6) is -4.10. The van der Waals surface area contributed by atoms with Crippen LogP contribution in [0, 0.1) is 23.7 Å². The van der Waals surface area contributed by atoms with Crippen LogP contribution in [-0.2, 0) is 15.8 Å². The highest BCUT2D eigenvalue weighted by atomic mass is 19.4. The minimum absolute atomic E-state index is 0.00586. The van der Waals surface area contributed by atoms with Crippen LogP contribution < -0.4 is 10.4 Å². The molecule has 7 heteroatoms. The molecule has 0 saturated heterocycles. The zero-order valence-electron chi connectivity index (χ0n) is 11.8. The van der Waals surface area contributed by atoms with Gasteiger partial charge in [-0.2, -0.15) is 13.2 Å². The molecule has 0 aromatic heterocycles. The third-order valence-corrected chi connectivity index (χ3v) is 4.49. The van der Waals surface area contributed by atoms with Crippen LogP contribution in [0.3, 0.4) is 0 Å². The Hall–Kier alpha value is -2.31. The number of rotatable bonds is 3. The molecule has 2 bridgehead atoms. The van der Waals surface area contributed by atoms with Gasteiger partial charge in [-0.15, -0.1) is 0 Å². The van der Waals surface area contributed by atoms with E-state index in [9.17, 15) is 27.9 Å². The number of alkyl halides is 3. The van der Waals surface area contributed by atoms with E-state index in [4.69, 9.17) is 0 Å². The van der Waals surface area contributed by atoms with Crippen LogP contribution in [0.15, 0.2) is 36.4 Å². The molecule has 0 spiro atoms. The number of benzene rings is 1. The largest absolute Gasteiger partial charge is 0.550 e. The average Bonchev–Trinajstić information content (AvgIpc) is 3.07. The van der Waals surface area contributed by atoms with E-state index in [0.29, 0.717) is 6.42 Å². The first kappa shape index (κ1) is 15.6. The van der Waals surface area contributed by atoms with Gasteiger partial charge in [-0.25, -0.2) is 0 Å². The number of halogens is 3. The highest BCUT2D eigenvalue weighted by molar-refractivity contribution is 5.96. The molecule has 0 aliphatic heterocycles. The van der Waals surface area contributed by atoms with Crippen molar-refractivity contribution < 1.29 is 27.9 Å². The van der Waals surface area contributed by atoms with E-state index in [-0.39, 0.29) is 17.5 Å². The summed E-state index contributed by atoms with van der Waals surface area (Å²) in [6.07, 6.45) is -0.400. The summed E-state index contributed by atoms with van der Waals surface area (Å²) in [7, 11) is 0. The average molecular weight is 324 g/mol. The Morgan fingerprint density at radius 1 is 1.13 bits per heavy atom. The minimum Gasteiger partial charge on any atom is -0.550 e. The Bertz CT molecular complexity index is 683. The number of carboxylic acid groups (broad SMARTS) is 1. The lowest BCUT2D eigenvalue weighted by Crippen LogP contribution is -2.42. The van der Waals surface area contributed by atoms with Crippen LogP contribution in [0.2, 0.25) is 0 Å². The summed E-state index contributed by atoms with van der Waals surface area (Å²) >= 11 is 0. The van der Waals surface area contributed by atoms with Gasteiger partial charge in [0.1, 0.15) is 0 Å². The first-order valence-corrected chi connectivity index (χ1v) is 7.14. The standard InChI is InChI=1S/C16H14F3NO3/c17-16(18,19)10-2-1-3-11(7-10)20-14(21)12-8-4-5-9(6-8)13(12)15(22)23/h1-5,7-9,12-13H,6H2,(H,20,21)(H,22,23)/p-1/t8-,9-,12-,13-/m0/s1. The van der Waals surface area contributed by atoms with Gasteiger partial charge in [0.05, 0.1) is 11.5 Å². The maximum Gasteiger partial charge on any atom is 0.416 e. The van der Waals surface area contributed by atoms with Crippen LogP contribution in [0.5, 0.6) is 0 Å². The molecule has 1 aromatic rings. The van der Waals surface area contributed by atoms with E-state index in [2.05, 4.69) is 5.32 Å². The first-order chi connectivity index (χ1) is 10.8. The summed E-state index contributed by atoms with van der Waals surface area (Å²) in [5, 5.41) is 13.7. The zero-order chi connectivity index (χ0) is 16.8. The van der Waals surface area contributed by atoms with Crippen molar-refractivity contribution in [1.29, 1.82) is 0 Å². The molecule has 0 unspecified atom stereocenters. The molecule has 1 aromatic carbocycles. The number of allylic oxidation sites excluding steroid dienone is 2. The van der Waals surface area contributed by atoms with Crippen LogP contribution >= 0.6 is 0 Å². The zero-order valence-corrected chi connectivity index (χ0v) is 11.8. The number of carbonyl (C=O) groups excluding carboxylic acids is 2. The fraction of sp³-hybridized carbons (Fsp3) is 0.375. The van der Waals surface area contributed by atoms with Crippen molar-refractivity contribution in [2.45, 2.75) is 12.6 Å². The first-order valence-electron chi connectivity index (χ1n) is 7.14. The van der Waals surface area contributed by atoms with Gasteiger partial charge in [0, 0.05) is 17.6 Å². The second-order valence-electron chi connectivity index (χ2n) is 5.89. The van der Waals surface area contributed by atoms with Gasteiger partial charge in [-0.3, -0.25) is 4.79 Å². The van der Waals surface area contributed by atoms with Crippen molar-refractivity contribution in [1.82, 2.24) is 0 Å². The molecule has 0 heterocycles. The summed E-state index contributed by atoms with van der Waals surface area (Å²) in [6.45, 7) is 0. The van der Waals surface area contributed by atoms with Gasteiger partial charge in [-0.05, 0) is 36.5 Å². The molecule has 4 nitrogen and oxygen atoms in total. The Morgan fingerprint density at radius 2 is 1.78 bits per heavy atom. The molecule has 3 rings (SSSR count). The molecule has 2 aliphatic carbocycles. The molecule has 4 atom stereocenters. The molecule has 1 saturated carbocycles. The van der Waals surface area contributed by atoms with E-state index >= 15 is 0 Å². The fourth-order valence-corrected chi connectivity index (χ4v) is 3.50. The molecule has 1 fully saturated rings. The Morgan fingerprint density at radius 3 is 2.39 bits per heavy atom. The maximum atomic E-state index is 12.7. The predicted molar refractivity (Wildman–Crippen MR) is 72.8 cm³/mol. The van der Waals surface area contributed by atoms with Crippen LogP contribution in [0.1, 0.15) is 12.0 Å². The van der Waals surface area contributed by atoms with Crippen molar-refractivity contribution >= 4 is 17.6 Å². The van der Waals surface area contributed by atoms with E-state index in [1.165, 1.54) is 12.1 Å². The third kappa shape index (κ3) is 2.83. The van der Waals surface area contributed by atoms with Crippen molar-refractivity contribution in [3.63, 3.8) is 0 Å². The molecular formula is C16H13F3NO3-. The Kier molecular flexibility index (Phi) is 3.66. The van der Waals surface area contributed by atoms with Gasteiger partial charge in [0.2, 0.25) is 5.91 Å². The van der Waals surface area contributed by atoms with Crippen LogP contribution in [-0.4, -0.2) is 11.9 Å². The van der Waals surface area contributed by atoms with Crippen molar-refractivity contribution in [3.05, 3.63) is 42.0 Å². The maximum absolute atomic E-state index is 12.7. The number of aliphatic carboxylic acids is 1. The lowest BCUT2D eigenvalue weighted by molar-refractivity contribution is -0.313.